The van der Waals surface area contributed by atoms with Crippen molar-refractivity contribution in [3.63, 3.8) is 0 Å². The van der Waals surface area contributed by atoms with Crippen LogP contribution < -0.4 is 18.9 Å². The molecule has 0 atom stereocenters. The van der Waals surface area contributed by atoms with Crippen LogP contribution in [0.2, 0.25) is 0 Å². The van der Waals surface area contributed by atoms with E-state index in [0.717, 1.165) is 9.80 Å². The summed E-state index contributed by atoms with van der Waals surface area (Å²) in [4.78, 5) is 55.6. The molecule has 7 rings (SSSR count). The normalized spacial score (nSPS) is 14.8. The van der Waals surface area contributed by atoms with E-state index in [-0.39, 0.29) is 0 Å². The highest BCUT2D eigenvalue weighted by molar-refractivity contribution is 6.44. The summed E-state index contributed by atoms with van der Waals surface area (Å²) in [7, 11) is 8.82. The first-order valence-corrected chi connectivity index (χ1v) is 12.4. The van der Waals surface area contributed by atoms with Gasteiger partial charge in [-0.15, -0.1) is 0 Å². The molecule has 4 amide bonds. The van der Waals surface area contributed by atoms with E-state index >= 15 is 0 Å². The summed E-state index contributed by atoms with van der Waals surface area (Å²) < 4.78 is 23.4. The predicted molar refractivity (Wildman–Crippen MR) is 147 cm³/mol. The first-order valence-electron chi connectivity index (χ1n) is 12.4. The van der Waals surface area contributed by atoms with Gasteiger partial charge in [-0.1, -0.05) is 0 Å². The zero-order valence-corrected chi connectivity index (χ0v) is 22.5. The number of imide groups is 2. The zero-order chi connectivity index (χ0) is 28.4. The third kappa shape index (κ3) is 2.53. The SMILES string of the molecule is COc1cc2c3c(cc(OC)c4c5c(OC)cc6c7c(cc(OC)c(c1c34)c75)C(=O)N(C)C6=O)C(=O)N(C)C2=O. The molecule has 40 heavy (non-hydrogen) atoms. The first kappa shape index (κ1) is 24.0. The molecule has 5 aromatic rings. The lowest BCUT2D eigenvalue weighted by Gasteiger charge is -2.30. The van der Waals surface area contributed by atoms with E-state index in [2.05, 4.69) is 0 Å². The summed E-state index contributed by atoms with van der Waals surface area (Å²) in [5, 5.41) is 4.22. The van der Waals surface area contributed by atoms with Gasteiger partial charge in [0.15, 0.2) is 0 Å². The molecule has 2 aliphatic heterocycles. The van der Waals surface area contributed by atoms with Crippen molar-refractivity contribution in [2.75, 3.05) is 42.5 Å². The van der Waals surface area contributed by atoms with Crippen LogP contribution in [0.15, 0.2) is 24.3 Å². The maximum Gasteiger partial charge on any atom is 0.261 e. The smallest absolute Gasteiger partial charge is 0.261 e. The van der Waals surface area contributed by atoms with Crippen molar-refractivity contribution in [2.45, 2.75) is 0 Å². The Balaban J connectivity index is 1.92. The highest BCUT2D eigenvalue weighted by Gasteiger charge is 2.39. The lowest BCUT2D eigenvalue weighted by molar-refractivity contribution is 0.0635. The molecule has 0 saturated carbocycles. The van der Waals surface area contributed by atoms with Crippen LogP contribution in [0.1, 0.15) is 41.4 Å². The van der Waals surface area contributed by atoms with Crippen molar-refractivity contribution in [1.29, 1.82) is 0 Å². The fourth-order valence-electron chi connectivity index (χ4n) is 6.39. The lowest BCUT2D eigenvalue weighted by Crippen LogP contribution is -2.37. The molecular formula is C30H22N2O8. The minimum Gasteiger partial charge on any atom is -0.496 e. The fraction of sp³-hybridized carbons (Fsp3) is 0.200. The molecule has 0 bridgehead atoms. The molecule has 0 N–H and O–H groups in total. The van der Waals surface area contributed by atoms with Crippen molar-refractivity contribution in [1.82, 2.24) is 9.80 Å². The van der Waals surface area contributed by atoms with Gasteiger partial charge in [-0.25, -0.2) is 0 Å². The molecule has 200 valence electrons. The van der Waals surface area contributed by atoms with Gasteiger partial charge in [0.1, 0.15) is 23.0 Å². The second kappa shape index (κ2) is 7.72. The fourth-order valence-corrected chi connectivity index (χ4v) is 6.39. The van der Waals surface area contributed by atoms with Gasteiger partial charge in [0.05, 0.1) is 50.7 Å². The molecule has 0 unspecified atom stereocenters. The Morgan fingerprint density at radius 2 is 0.625 bits per heavy atom. The number of nitrogens with zero attached hydrogens (tertiary/aromatic N) is 2. The molecule has 0 aliphatic carbocycles. The second-order valence-corrected chi connectivity index (χ2v) is 9.84. The number of carbonyl (C=O) groups excluding carboxylic acids is 4. The number of carbonyl (C=O) groups is 4. The Morgan fingerprint density at radius 3 is 0.825 bits per heavy atom. The van der Waals surface area contributed by atoms with Crippen LogP contribution in [0.3, 0.4) is 0 Å². The molecule has 2 heterocycles. The molecule has 0 fully saturated rings. The van der Waals surface area contributed by atoms with Crippen LogP contribution in [0.5, 0.6) is 23.0 Å². The minimum absolute atomic E-state index is 0.301. The third-order valence-electron chi connectivity index (χ3n) is 8.18. The van der Waals surface area contributed by atoms with E-state index in [1.807, 2.05) is 0 Å². The molecule has 2 aliphatic rings. The average Bonchev–Trinajstić information content (AvgIpc) is 2.98. The summed E-state index contributed by atoms with van der Waals surface area (Å²) in [5.41, 5.74) is 1.21. The van der Waals surface area contributed by atoms with Crippen LogP contribution in [0, 0.1) is 0 Å². The average molecular weight is 539 g/mol. The van der Waals surface area contributed by atoms with Gasteiger partial charge in [-0.05, 0) is 24.3 Å². The summed E-state index contributed by atoms with van der Waals surface area (Å²) in [6.45, 7) is 0. The van der Waals surface area contributed by atoms with E-state index in [1.54, 1.807) is 24.3 Å². The molecule has 10 heteroatoms. The molecule has 0 aromatic heterocycles. The van der Waals surface area contributed by atoms with E-state index in [9.17, 15) is 19.2 Å². The summed E-state index contributed by atoms with van der Waals surface area (Å²) in [6, 6.07) is 6.46. The van der Waals surface area contributed by atoms with Crippen LogP contribution in [-0.4, -0.2) is 76.0 Å². The molecular weight excluding hydrogens is 516 g/mol. The highest BCUT2D eigenvalue weighted by atomic mass is 16.5. The predicted octanol–water partition coefficient (Wildman–Crippen LogP) is 4.22. The van der Waals surface area contributed by atoms with Gasteiger partial charge in [-0.2, -0.15) is 0 Å². The van der Waals surface area contributed by atoms with Crippen LogP contribution in [0.25, 0.3) is 43.1 Å². The quantitative estimate of drug-likeness (QED) is 0.190. The Labute approximate surface area is 226 Å². The second-order valence-electron chi connectivity index (χ2n) is 9.84. The topological polar surface area (TPSA) is 112 Å². The van der Waals surface area contributed by atoms with Crippen molar-refractivity contribution in [3.05, 3.63) is 46.5 Å². The number of methoxy groups -OCH3 is 4. The summed E-state index contributed by atoms with van der Waals surface area (Å²) in [6.07, 6.45) is 0. The Bertz CT molecular complexity index is 1780. The van der Waals surface area contributed by atoms with Gasteiger partial charge >= 0.3 is 0 Å². The first-order chi connectivity index (χ1) is 19.2. The summed E-state index contributed by atoms with van der Waals surface area (Å²) >= 11 is 0. The van der Waals surface area contributed by atoms with Crippen molar-refractivity contribution < 1.29 is 38.1 Å². The van der Waals surface area contributed by atoms with Gasteiger partial charge in [0.2, 0.25) is 0 Å². The third-order valence-corrected chi connectivity index (χ3v) is 8.18. The van der Waals surface area contributed by atoms with Gasteiger partial charge in [0, 0.05) is 57.2 Å². The van der Waals surface area contributed by atoms with Crippen LogP contribution >= 0.6 is 0 Å². The maximum absolute atomic E-state index is 13.4. The molecule has 0 saturated heterocycles. The van der Waals surface area contributed by atoms with Gasteiger partial charge in [0.25, 0.3) is 23.6 Å². The lowest BCUT2D eigenvalue weighted by atomic mass is 9.81. The van der Waals surface area contributed by atoms with E-state index < -0.39 is 23.6 Å². The zero-order valence-electron chi connectivity index (χ0n) is 22.5. The van der Waals surface area contributed by atoms with Crippen LogP contribution in [0.4, 0.5) is 0 Å². The molecule has 0 radical (unpaired) electrons. The number of hydrogen-bond donors (Lipinski definition) is 0. The van der Waals surface area contributed by atoms with Crippen LogP contribution in [-0.2, 0) is 0 Å². The van der Waals surface area contributed by atoms with Gasteiger partial charge < -0.3 is 18.9 Å². The number of benzene rings is 5. The van der Waals surface area contributed by atoms with Crippen molar-refractivity contribution >= 4 is 66.7 Å². The number of amides is 4. The standard InChI is InChI=1S/C30H22N2O8/c1-31-27(33)11-7-15(37-3)21-23-17(39-5)9-13-20-14(30(36)32(2)29(13)35)10-18(40-6)24(26(20)23)22-16(38-4)8-12(28(31)34)19(11)25(21)22/h7-10H,1-6H3. The van der Waals surface area contributed by atoms with E-state index in [0.29, 0.717) is 88.3 Å². The minimum atomic E-state index is -0.465. The van der Waals surface area contributed by atoms with E-state index in [1.165, 1.54) is 42.5 Å². The monoisotopic (exact) mass is 538 g/mol. The Hall–Kier alpha value is -5.12. The largest absolute Gasteiger partial charge is 0.496 e. The molecule has 5 aromatic carbocycles. The Kier molecular flexibility index (Phi) is 4.62. The molecule has 10 nitrogen and oxygen atoms in total. The number of fused-ring (bicyclic) bond motifs is 2. The maximum atomic E-state index is 13.4. The number of rotatable bonds is 4. The van der Waals surface area contributed by atoms with Gasteiger partial charge in [-0.3, -0.25) is 29.0 Å². The Morgan fingerprint density at radius 1 is 0.400 bits per heavy atom. The number of hydrogen-bond acceptors (Lipinski definition) is 8. The molecule has 0 spiro atoms. The number of ether oxygens (including phenoxy) is 4. The van der Waals surface area contributed by atoms with E-state index in [4.69, 9.17) is 18.9 Å². The van der Waals surface area contributed by atoms with Crippen molar-refractivity contribution in [2.24, 2.45) is 0 Å². The summed E-state index contributed by atoms with van der Waals surface area (Å²) in [5.74, 6) is -0.441. The van der Waals surface area contributed by atoms with Crippen molar-refractivity contribution in [3.8, 4) is 23.0 Å². The highest BCUT2D eigenvalue weighted by Crippen LogP contribution is 2.55.